The van der Waals surface area contributed by atoms with Gasteiger partial charge in [-0.1, -0.05) is 19.8 Å². The predicted molar refractivity (Wildman–Crippen MR) is 96.9 cm³/mol. The van der Waals surface area contributed by atoms with Gasteiger partial charge in [-0.15, -0.1) is 0 Å². The first kappa shape index (κ1) is 19.2. The van der Waals surface area contributed by atoms with Crippen LogP contribution >= 0.6 is 0 Å². The van der Waals surface area contributed by atoms with E-state index in [9.17, 15) is 0 Å². The van der Waals surface area contributed by atoms with Gasteiger partial charge in [0.25, 0.3) is 0 Å². The SMILES string of the molecule is CCCC[C@@]1(CCN[C@H]2CCOC(C)(C)C2)CCOC(C)(C)C1. The molecule has 0 spiro atoms. The van der Waals surface area contributed by atoms with Crippen LogP contribution in [0.5, 0.6) is 0 Å². The van der Waals surface area contributed by atoms with Crippen molar-refractivity contribution in [3.8, 4) is 0 Å². The second-order valence-electron chi connectivity index (χ2n) is 9.14. The van der Waals surface area contributed by atoms with Crippen LogP contribution in [-0.4, -0.2) is 37.0 Å². The molecule has 3 heteroatoms. The lowest BCUT2D eigenvalue weighted by molar-refractivity contribution is -0.110. The monoisotopic (exact) mass is 325 g/mol. The molecule has 0 bridgehead atoms. The summed E-state index contributed by atoms with van der Waals surface area (Å²) in [7, 11) is 0. The second kappa shape index (κ2) is 7.84. The van der Waals surface area contributed by atoms with E-state index in [1.165, 1.54) is 38.5 Å². The van der Waals surface area contributed by atoms with Crippen molar-refractivity contribution in [2.45, 2.75) is 103 Å². The molecule has 2 atom stereocenters. The molecule has 2 aliphatic heterocycles. The topological polar surface area (TPSA) is 30.5 Å². The van der Waals surface area contributed by atoms with Gasteiger partial charge in [-0.05, 0) is 78.2 Å². The summed E-state index contributed by atoms with van der Waals surface area (Å²) in [6.45, 7) is 14.2. The molecule has 2 fully saturated rings. The third kappa shape index (κ3) is 6.03. The fourth-order valence-corrected chi connectivity index (χ4v) is 4.64. The highest BCUT2D eigenvalue weighted by Gasteiger charge is 2.40. The zero-order valence-electron chi connectivity index (χ0n) is 16.2. The van der Waals surface area contributed by atoms with Crippen LogP contribution in [0.15, 0.2) is 0 Å². The lowest BCUT2D eigenvalue weighted by atomic mass is 9.68. The van der Waals surface area contributed by atoms with Crippen LogP contribution in [0.3, 0.4) is 0 Å². The Balaban J connectivity index is 1.86. The standard InChI is InChI=1S/C20H39NO2/c1-6-7-9-20(11-14-23-19(4,5)16-20)10-12-21-17-8-13-22-18(2,3)15-17/h17,21H,6-16H2,1-5H3/t17-,20+/m0/s1. The smallest absolute Gasteiger partial charge is 0.0641 e. The number of nitrogens with one attached hydrogen (secondary N) is 1. The van der Waals surface area contributed by atoms with E-state index >= 15 is 0 Å². The largest absolute Gasteiger partial charge is 0.376 e. The van der Waals surface area contributed by atoms with Crippen molar-refractivity contribution in [2.75, 3.05) is 19.8 Å². The molecule has 0 unspecified atom stereocenters. The average molecular weight is 326 g/mol. The molecular formula is C20H39NO2. The molecule has 1 N–H and O–H groups in total. The van der Waals surface area contributed by atoms with E-state index in [-0.39, 0.29) is 11.2 Å². The molecule has 2 heterocycles. The van der Waals surface area contributed by atoms with Crippen LogP contribution < -0.4 is 5.32 Å². The Morgan fingerprint density at radius 3 is 2.39 bits per heavy atom. The van der Waals surface area contributed by atoms with Crippen molar-refractivity contribution in [3.63, 3.8) is 0 Å². The zero-order valence-corrected chi connectivity index (χ0v) is 16.2. The lowest BCUT2D eigenvalue weighted by Crippen LogP contribution is -2.46. The second-order valence-corrected chi connectivity index (χ2v) is 9.14. The highest BCUT2D eigenvalue weighted by molar-refractivity contribution is 4.91. The number of ether oxygens (including phenoxy) is 2. The molecule has 3 nitrogen and oxygen atoms in total. The Kier molecular flexibility index (Phi) is 6.55. The van der Waals surface area contributed by atoms with Crippen LogP contribution in [0.2, 0.25) is 0 Å². The highest BCUT2D eigenvalue weighted by atomic mass is 16.5. The van der Waals surface area contributed by atoms with Crippen molar-refractivity contribution in [3.05, 3.63) is 0 Å². The van der Waals surface area contributed by atoms with E-state index in [1.54, 1.807) is 0 Å². The fourth-order valence-electron chi connectivity index (χ4n) is 4.64. The molecule has 0 aromatic rings. The Hall–Kier alpha value is -0.120. The van der Waals surface area contributed by atoms with Crippen molar-refractivity contribution in [2.24, 2.45) is 5.41 Å². The Morgan fingerprint density at radius 1 is 1.00 bits per heavy atom. The maximum Gasteiger partial charge on any atom is 0.0641 e. The molecular weight excluding hydrogens is 286 g/mol. The minimum absolute atomic E-state index is 0.0382. The van der Waals surface area contributed by atoms with Gasteiger partial charge in [-0.3, -0.25) is 0 Å². The maximum absolute atomic E-state index is 5.99. The number of rotatable bonds is 7. The number of hydrogen-bond donors (Lipinski definition) is 1. The summed E-state index contributed by atoms with van der Waals surface area (Å²) < 4.78 is 11.8. The molecule has 0 amide bonds. The quantitative estimate of drug-likeness (QED) is 0.736. The van der Waals surface area contributed by atoms with Gasteiger partial charge >= 0.3 is 0 Å². The number of unbranched alkanes of at least 4 members (excludes halogenated alkanes) is 1. The Bertz CT molecular complexity index is 367. The summed E-state index contributed by atoms with van der Waals surface area (Å²) in [4.78, 5) is 0. The molecule has 0 radical (unpaired) electrons. The molecule has 0 saturated carbocycles. The number of hydrogen-bond acceptors (Lipinski definition) is 3. The Labute approximate surface area is 143 Å². The minimum Gasteiger partial charge on any atom is -0.376 e. The molecule has 0 aliphatic carbocycles. The van der Waals surface area contributed by atoms with Crippen LogP contribution in [0, 0.1) is 5.41 Å². The van der Waals surface area contributed by atoms with Crippen LogP contribution in [0.25, 0.3) is 0 Å². The van der Waals surface area contributed by atoms with Gasteiger partial charge in [-0.25, -0.2) is 0 Å². The summed E-state index contributed by atoms with van der Waals surface area (Å²) in [6.07, 6.45) is 10.0. The predicted octanol–water partition coefficient (Wildman–Crippen LogP) is 4.69. The van der Waals surface area contributed by atoms with Crippen LogP contribution in [-0.2, 0) is 9.47 Å². The van der Waals surface area contributed by atoms with Gasteiger partial charge in [0.15, 0.2) is 0 Å². The third-order valence-electron chi connectivity index (χ3n) is 5.77. The maximum atomic E-state index is 5.99. The molecule has 136 valence electrons. The first-order valence-corrected chi connectivity index (χ1v) is 9.77. The normalized spacial score (nSPS) is 33.5. The van der Waals surface area contributed by atoms with Crippen molar-refractivity contribution in [1.82, 2.24) is 5.32 Å². The Morgan fingerprint density at radius 2 is 1.74 bits per heavy atom. The van der Waals surface area contributed by atoms with E-state index < -0.39 is 0 Å². The van der Waals surface area contributed by atoms with Crippen molar-refractivity contribution >= 4 is 0 Å². The van der Waals surface area contributed by atoms with Gasteiger partial charge in [0, 0.05) is 19.3 Å². The third-order valence-corrected chi connectivity index (χ3v) is 5.77. The van der Waals surface area contributed by atoms with Gasteiger partial charge < -0.3 is 14.8 Å². The van der Waals surface area contributed by atoms with E-state index in [4.69, 9.17) is 9.47 Å². The molecule has 0 aromatic heterocycles. The lowest BCUT2D eigenvalue weighted by Gasteiger charge is -2.46. The first-order valence-electron chi connectivity index (χ1n) is 9.77. The van der Waals surface area contributed by atoms with Crippen molar-refractivity contribution in [1.29, 1.82) is 0 Å². The van der Waals surface area contributed by atoms with E-state index in [2.05, 4.69) is 39.9 Å². The van der Waals surface area contributed by atoms with Crippen LogP contribution in [0.1, 0.15) is 86.0 Å². The highest BCUT2D eigenvalue weighted by Crippen LogP contribution is 2.45. The van der Waals surface area contributed by atoms with Gasteiger partial charge in [0.2, 0.25) is 0 Å². The van der Waals surface area contributed by atoms with Gasteiger partial charge in [0.1, 0.15) is 0 Å². The molecule has 2 rings (SSSR count). The fraction of sp³-hybridized carbons (Fsp3) is 1.00. The summed E-state index contributed by atoms with van der Waals surface area (Å²) >= 11 is 0. The van der Waals surface area contributed by atoms with E-state index in [1.807, 2.05) is 0 Å². The first-order chi connectivity index (χ1) is 10.8. The van der Waals surface area contributed by atoms with E-state index in [0.717, 1.165) is 32.6 Å². The van der Waals surface area contributed by atoms with E-state index in [0.29, 0.717) is 11.5 Å². The molecule has 2 aliphatic rings. The molecule has 23 heavy (non-hydrogen) atoms. The van der Waals surface area contributed by atoms with Crippen LogP contribution in [0.4, 0.5) is 0 Å². The summed E-state index contributed by atoms with van der Waals surface area (Å²) in [6, 6.07) is 0.620. The minimum atomic E-state index is 0.0382. The summed E-state index contributed by atoms with van der Waals surface area (Å²) in [5.41, 5.74) is 0.564. The van der Waals surface area contributed by atoms with Gasteiger partial charge in [0.05, 0.1) is 11.2 Å². The molecule has 0 aromatic carbocycles. The summed E-state index contributed by atoms with van der Waals surface area (Å²) in [5, 5.41) is 3.83. The average Bonchev–Trinajstić information content (AvgIpc) is 2.43. The van der Waals surface area contributed by atoms with Gasteiger partial charge in [-0.2, -0.15) is 0 Å². The van der Waals surface area contributed by atoms with Crippen molar-refractivity contribution < 1.29 is 9.47 Å². The zero-order chi connectivity index (χ0) is 17.0. The summed E-state index contributed by atoms with van der Waals surface area (Å²) in [5.74, 6) is 0. The molecule has 2 saturated heterocycles.